The van der Waals surface area contributed by atoms with Crippen molar-refractivity contribution in [2.24, 2.45) is 0 Å². The van der Waals surface area contributed by atoms with Crippen molar-refractivity contribution in [2.45, 2.75) is 59.0 Å². The number of fused-ring (bicyclic) bond motifs is 1. The molecule has 3 heterocycles. The van der Waals surface area contributed by atoms with Gasteiger partial charge in [0.25, 0.3) is 11.5 Å². The highest BCUT2D eigenvalue weighted by Gasteiger charge is 2.28. The molecule has 1 aliphatic rings. The number of hydrogen-bond acceptors (Lipinski definition) is 7. The number of pyridine rings is 1. The monoisotopic (exact) mass is 459 g/mol. The van der Waals surface area contributed by atoms with Crippen molar-refractivity contribution in [2.75, 3.05) is 32.8 Å². The molecule has 10 nitrogen and oxygen atoms in total. The molecule has 33 heavy (non-hydrogen) atoms. The lowest BCUT2D eigenvalue weighted by molar-refractivity contribution is -0.143. The van der Waals surface area contributed by atoms with Crippen LogP contribution in [0.15, 0.2) is 21.9 Å². The Labute approximate surface area is 192 Å². The molecule has 2 aromatic rings. The first kappa shape index (κ1) is 24.6. The van der Waals surface area contributed by atoms with Gasteiger partial charge in [-0.25, -0.2) is 9.78 Å². The third-order valence-corrected chi connectivity index (χ3v) is 6.04. The summed E-state index contributed by atoms with van der Waals surface area (Å²) in [6.07, 6.45) is 4.24. The summed E-state index contributed by atoms with van der Waals surface area (Å²) in [5.41, 5.74) is -0.582. The average Bonchev–Trinajstić information content (AvgIpc) is 3.26. The van der Waals surface area contributed by atoms with Crippen LogP contribution in [0.4, 0.5) is 0 Å². The van der Waals surface area contributed by atoms with Crippen molar-refractivity contribution in [1.29, 1.82) is 0 Å². The number of amides is 1. The minimum Gasteiger partial charge on any atom is -0.466 e. The fraction of sp³-hybridized carbons (Fsp3) is 0.609. The lowest BCUT2D eigenvalue weighted by atomic mass is 10.1. The summed E-state index contributed by atoms with van der Waals surface area (Å²) in [7, 11) is 0. The van der Waals surface area contributed by atoms with Crippen molar-refractivity contribution in [3.63, 3.8) is 0 Å². The normalized spacial score (nSPS) is 16.3. The van der Waals surface area contributed by atoms with E-state index in [1.165, 1.54) is 16.8 Å². The zero-order valence-corrected chi connectivity index (χ0v) is 19.6. The number of aromatic amines is 1. The molecule has 0 bridgehead atoms. The molecule has 0 saturated carbocycles. The molecule has 1 amide bonds. The van der Waals surface area contributed by atoms with E-state index >= 15 is 0 Å². The second-order valence-electron chi connectivity index (χ2n) is 8.24. The fourth-order valence-corrected chi connectivity index (χ4v) is 4.41. The molecule has 3 rings (SSSR count). The first-order valence-corrected chi connectivity index (χ1v) is 11.7. The first-order valence-electron chi connectivity index (χ1n) is 11.7. The number of carbonyl (C=O) groups excluding carboxylic acids is 2. The van der Waals surface area contributed by atoms with Crippen molar-refractivity contribution in [3.8, 4) is 0 Å². The lowest BCUT2D eigenvalue weighted by Crippen LogP contribution is -2.44. The number of nitrogens with zero attached hydrogens (tertiary/aromatic N) is 4. The minimum absolute atomic E-state index is 0.0933. The molecule has 1 atom stereocenters. The summed E-state index contributed by atoms with van der Waals surface area (Å²) in [5, 5.41) is 0.190. The number of hydrogen-bond donors (Lipinski definition) is 1. The van der Waals surface area contributed by atoms with E-state index in [4.69, 9.17) is 4.74 Å². The van der Waals surface area contributed by atoms with E-state index in [9.17, 15) is 19.2 Å². The molecule has 1 aliphatic heterocycles. The molecule has 2 aromatic heterocycles. The summed E-state index contributed by atoms with van der Waals surface area (Å²) >= 11 is 0. The molecule has 1 saturated heterocycles. The number of esters is 1. The quantitative estimate of drug-likeness (QED) is 0.533. The molecule has 0 radical (unpaired) electrons. The molecular weight excluding hydrogens is 426 g/mol. The predicted molar refractivity (Wildman–Crippen MR) is 124 cm³/mol. The van der Waals surface area contributed by atoms with Crippen LogP contribution in [0.2, 0.25) is 0 Å². The minimum atomic E-state index is -0.574. The molecule has 1 N–H and O–H groups in total. The smallest absolute Gasteiger partial charge is 0.329 e. The fourth-order valence-electron chi connectivity index (χ4n) is 4.41. The molecule has 0 spiro atoms. The summed E-state index contributed by atoms with van der Waals surface area (Å²) in [6, 6.07) is 1.70. The molecule has 1 fully saturated rings. The Morgan fingerprint density at radius 1 is 1.27 bits per heavy atom. The highest BCUT2D eigenvalue weighted by atomic mass is 16.5. The Kier molecular flexibility index (Phi) is 8.37. The van der Waals surface area contributed by atoms with Crippen molar-refractivity contribution in [3.05, 3.63) is 38.7 Å². The number of nitrogens with one attached hydrogen (secondary N) is 1. The molecule has 0 aromatic carbocycles. The van der Waals surface area contributed by atoms with Gasteiger partial charge in [-0.1, -0.05) is 13.8 Å². The van der Waals surface area contributed by atoms with Crippen LogP contribution >= 0.6 is 0 Å². The van der Waals surface area contributed by atoms with Crippen LogP contribution < -0.4 is 11.2 Å². The van der Waals surface area contributed by atoms with Gasteiger partial charge in [0.05, 0.1) is 24.0 Å². The topological polar surface area (TPSA) is 118 Å². The second kappa shape index (κ2) is 11.2. The van der Waals surface area contributed by atoms with Gasteiger partial charge in [-0.05, 0) is 45.3 Å². The van der Waals surface area contributed by atoms with Crippen LogP contribution in [0.5, 0.6) is 0 Å². The maximum Gasteiger partial charge on any atom is 0.329 e. The van der Waals surface area contributed by atoms with E-state index in [1.807, 2.05) is 6.92 Å². The van der Waals surface area contributed by atoms with Gasteiger partial charge >= 0.3 is 11.7 Å². The van der Waals surface area contributed by atoms with Crippen LogP contribution in [0, 0.1) is 0 Å². The summed E-state index contributed by atoms with van der Waals surface area (Å²) in [4.78, 5) is 60.6. The van der Waals surface area contributed by atoms with Crippen molar-refractivity contribution in [1.82, 2.24) is 24.3 Å². The van der Waals surface area contributed by atoms with Gasteiger partial charge in [-0.15, -0.1) is 0 Å². The highest BCUT2D eigenvalue weighted by molar-refractivity contribution is 5.97. The van der Waals surface area contributed by atoms with Crippen LogP contribution in [0.25, 0.3) is 11.0 Å². The Bertz CT molecular complexity index is 1110. The highest BCUT2D eigenvalue weighted by Crippen LogP contribution is 2.19. The maximum absolute atomic E-state index is 13.5. The average molecular weight is 460 g/mol. The third kappa shape index (κ3) is 5.68. The first-order chi connectivity index (χ1) is 15.9. The zero-order chi connectivity index (χ0) is 24.0. The van der Waals surface area contributed by atoms with Crippen molar-refractivity contribution >= 4 is 22.9 Å². The molecule has 10 heteroatoms. The Morgan fingerprint density at radius 2 is 2.06 bits per heavy atom. The number of likely N-dealkylation sites (N-methyl/N-ethyl adjacent to an activating group) is 1. The summed E-state index contributed by atoms with van der Waals surface area (Å²) in [6.45, 7) is 9.04. The number of ether oxygens (including phenoxy) is 1. The van der Waals surface area contributed by atoms with E-state index in [2.05, 4.69) is 21.8 Å². The summed E-state index contributed by atoms with van der Waals surface area (Å²) < 4.78 is 6.44. The Hall–Kier alpha value is -3.01. The van der Waals surface area contributed by atoms with E-state index in [-0.39, 0.29) is 54.1 Å². The van der Waals surface area contributed by atoms with Gasteiger partial charge in [0.2, 0.25) is 0 Å². The third-order valence-electron chi connectivity index (χ3n) is 6.04. The van der Waals surface area contributed by atoms with Crippen molar-refractivity contribution < 1.29 is 14.3 Å². The van der Waals surface area contributed by atoms with E-state index in [0.717, 1.165) is 25.9 Å². The van der Waals surface area contributed by atoms with E-state index in [1.54, 1.807) is 11.8 Å². The zero-order valence-electron chi connectivity index (χ0n) is 19.6. The number of H-pyrrole nitrogens is 1. The second-order valence-corrected chi connectivity index (χ2v) is 8.24. The van der Waals surface area contributed by atoms with Gasteiger partial charge < -0.3 is 9.64 Å². The maximum atomic E-state index is 13.5. The van der Waals surface area contributed by atoms with Gasteiger partial charge in [0.1, 0.15) is 5.65 Å². The number of rotatable bonds is 10. The standard InChI is InChI=1S/C23H33N5O5/c1-4-10-28-20-18(21(30)25-23(28)32)13-16(14-24-20)22(31)27(12-9-19(29)33-6-3)15-17-8-7-11-26(17)5-2/h13-14,17H,4-12,15H2,1-3H3,(H,25,30,32). The number of aromatic nitrogens is 3. The van der Waals surface area contributed by atoms with Crippen LogP contribution in [0.1, 0.15) is 56.8 Å². The molecular formula is C23H33N5O5. The Balaban J connectivity index is 1.92. The van der Waals surface area contributed by atoms with Crippen LogP contribution in [0.3, 0.4) is 0 Å². The predicted octanol–water partition coefficient (Wildman–Crippen LogP) is 1.37. The lowest BCUT2D eigenvalue weighted by Gasteiger charge is -2.30. The Morgan fingerprint density at radius 3 is 2.76 bits per heavy atom. The van der Waals surface area contributed by atoms with Crippen LogP contribution in [-0.2, 0) is 16.1 Å². The number of likely N-dealkylation sites (tertiary alicyclic amines) is 1. The molecule has 0 aliphatic carbocycles. The van der Waals surface area contributed by atoms with E-state index < -0.39 is 11.2 Å². The molecule has 180 valence electrons. The van der Waals surface area contributed by atoms with Gasteiger partial charge in [0.15, 0.2) is 0 Å². The molecule has 1 unspecified atom stereocenters. The van der Waals surface area contributed by atoms with Gasteiger partial charge in [0, 0.05) is 31.9 Å². The summed E-state index contributed by atoms with van der Waals surface area (Å²) in [5.74, 6) is -0.657. The SMILES string of the molecule is CCCn1c(=O)[nH]c(=O)c2cc(C(=O)N(CCC(=O)OCC)CC3CCCN3CC)cnc21. The number of aryl methyl sites for hydroxylation is 1. The van der Waals surface area contributed by atoms with Crippen LogP contribution in [-0.4, -0.2) is 75.0 Å². The number of carbonyl (C=O) groups is 2. The van der Waals surface area contributed by atoms with Gasteiger partial charge in [-0.2, -0.15) is 0 Å². The largest absolute Gasteiger partial charge is 0.466 e. The van der Waals surface area contributed by atoms with E-state index in [0.29, 0.717) is 19.5 Å². The van der Waals surface area contributed by atoms with Gasteiger partial charge in [-0.3, -0.25) is 28.8 Å².